The van der Waals surface area contributed by atoms with Crippen LogP contribution in [0.25, 0.3) is 0 Å². The van der Waals surface area contributed by atoms with E-state index in [4.69, 9.17) is 9.47 Å². The summed E-state index contributed by atoms with van der Waals surface area (Å²) in [6.45, 7) is 1.57. The Bertz CT molecular complexity index is 679. The van der Waals surface area contributed by atoms with Crippen molar-refractivity contribution in [3.63, 3.8) is 0 Å². The largest absolute Gasteiger partial charge is 0.493 e. The smallest absolute Gasteiger partial charge is 0.234 e. The number of amides is 2. The van der Waals surface area contributed by atoms with E-state index in [2.05, 4.69) is 15.5 Å². The van der Waals surface area contributed by atoms with Crippen LogP contribution in [0, 0.1) is 0 Å². The van der Waals surface area contributed by atoms with E-state index >= 15 is 0 Å². The summed E-state index contributed by atoms with van der Waals surface area (Å²) >= 11 is 0. The highest BCUT2D eigenvalue weighted by molar-refractivity contribution is 5.79. The predicted octanol–water partition coefficient (Wildman–Crippen LogP) is 1.11. The number of hydrogen-bond acceptors (Lipinski definition) is 5. The van der Waals surface area contributed by atoms with Gasteiger partial charge in [-0.1, -0.05) is 12.5 Å². The van der Waals surface area contributed by atoms with Crippen LogP contribution < -0.4 is 20.1 Å². The number of ether oxygens (including phenoxy) is 2. The topological polar surface area (TPSA) is 79.9 Å². The Balaban J connectivity index is 1.50. The number of nitrogens with zero attached hydrogens (tertiary/aromatic N) is 1. The lowest BCUT2D eigenvalue weighted by Gasteiger charge is -2.39. The first-order valence-corrected chi connectivity index (χ1v) is 9.60. The zero-order valence-electron chi connectivity index (χ0n) is 16.1. The minimum absolute atomic E-state index is 0.0155. The van der Waals surface area contributed by atoms with Crippen molar-refractivity contribution in [3.05, 3.63) is 23.8 Å². The molecule has 0 aromatic heterocycles. The van der Waals surface area contributed by atoms with Crippen molar-refractivity contribution in [1.29, 1.82) is 0 Å². The molecule has 1 aromatic carbocycles. The zero-order chi connectivity index (χ0) is 19.2. The predicted molar refractivity (Wildman–Crippen MR) is 102 cm³/mol. The molecule has 7 nitrogen and oxygen atoms in total. The third-order valence-electron chi connectivity index (χ3n) is 5.48. The van der Waals surface area contributed by atoms with E-state index in [1.807, 2.05) is 18.2 Å². The molecule has 2 aliphatic heterocycles. The molecule has 2 unspecified atom stereocenters. The molecule has 27 heavy (non-hydrogen) atoms. The van der Waals surface area contributed by atoms with Gasteiger partial charge in [-0.25, -0.2) is 0 Å². The molecule has 148 valence electrons. The van der Waals surface area contributed by atoms with Gasteiger partial charge in [0.05, 0.1) is 20.8 Å². The first kappa shape index (κ1) is 19.5. The van der Waals surface area contributed by atoms with Crippen LogP contribution >= 0.6 is 0 Å². The highest BCUT2D eigenvalue weighted by atomic mass is 16.5. The molecule has 2 aliphatic rings. The molecular weight excluding hydrogens is 346 g/mol. The Morgan fingerprint density at radius 3 is 2.78 bits per heavy atom. The maximum Gasteiger partial charge on any atom is 0.234 e. The Kier molecular flexibility index (Phi) is 6.55. The standard InChI is InChI=1S/C20H29N3O4/c1-26-17-7-6-14(10-18(17)27-2)8-9-21-20(25)13-23-15-4-3-5-16(23)12-22-19(24)11-15/h6-7,10,15-16H,3-5,8-9,11-13H2,1-2H3,(H,21,25)(H,22,24). The summed E-state index contributed by atoms with van der Waals surface area (Å²) in [5.41, 5.74) is 1.08. The SMILES string of the molecule is COc1ccc(CCNC(=O)CN2C3CCCC2CC(=O)NC3)cc1OC. The van der Waals surface area contributed by atoms with Crippen LogP contribution in [0.2, 0.25) is 0 Å². The molecule has 2 fully saturated rings. The molecule has 7 heteroatoms. The third-order valence-corrected chi connectivity index (χ3v) is 5.48. The van der Waals surface area contributed by atoms with Gasteiger partial charge in [0.2, 0.25) is 11.8 Å². The molecular formula is C20H29N3O4. The molecule has 0 aliphatic carbocycles. The molecule has 1 aromatic rings. The lowest BCUT2D eigenvalue weighted by molar-refractivity contribution is -0.125. The van der Waals surface area contributed by atoms with Gasteiger partial charge in [0.15, 0.2) is 11.5 Å². The van der Waals surface area contributed by atoms with Gasteiger partial charge in [-0.05, 0) is 37.0 Å². The summed E-state index contributed by atoms with van der Waals surface area (Å²) in [5, 5.41) is 5.98. The summed E-state index contributed by atoms with van der Waals surface area (Å²) in [6.07, 6.45) is 4.37. The van der Waals surface area contributed by atoms with Gasteiger partial charge < -0.3 is 20.1 Å². The molecule has 0 saturated carbocycles. The second-order valence-electron chi connectivity index (χ2n) is 7.21. The van der Waals surface area contributed by atoms with E-state index < -0.39 is 0 Å². The van der Waals surface area contributed by atoms with E-state index in [9.17, 15) is 9.59 Å². The number of fused-ring (bicyclic) bond motifs is 2. The van der Waals surface area contributed by atoms with Crippen LogP contribution in [0.3, 0.4) is 0 Å². The van der Waals surface area contributed by atoms with Crippen molar-refractivity contribution in [2.24, 2.45) is 0 Å². The first-order chi connectivity index (χ1) is 13.1. The number of nitrogens with one attached hydrogen (secondary N) is 2. The average molecular weight is 375 g/mol. The monoisotopic (exact) mass is 375 g/mol. The average Bonchev–Trinajstić information content (AvgIpc) is 2.75. The van der Waals surface area contributed by atoms with E-state index in [1.165, 1.54) is 0 Å². The van der Waals surface area contributed by atoms with Gasteiger partial charge in [0, 0.05) is 31.6 Å². The van der Waals surface area contributed by atoms with Crippen LogP contribution in [-0.2, 0) is 16.0 Å². The minimum atomic E-state index is 0.0155. The van der Waals surface area contributed by atoms with Crippen LogP contribution in [0.5, 0.6) is 11.5 Å². The van der Waals surface area contributed by atoms with Gasteiger partial charge in [-0.2, -0.15) is 0 Å². The molecule has 2 atom stereocenters. The maximum atomic E-state index is 12.4. The van der Waals surface area contributed by atoms with Crippen molar-refractivity contribution in [2.45, 2.75) is 44.2 Å². The van der Waals surface area contributed by atoms with Crippen molar-refractivity contribution < 1.29 is 19.1 Å². The number of hydrogen-bond donors (Lipinski definition) is 2. The number of carbonyl (C=O) groups is 2. The second kappa shape index (κ2) is 9.08. The van der Waals surface area contributed by atoms with E-state index in [-0.39, 0.29) is 23.9 Å². The van der Waals surface area contributed by atoms with Crippen molar-refractivity contribution >= 4 is 11.8 Å². The summed E-state index contributed by atoms with van der Waals surface area (Å²) in [7, 11) is 3.22. The van der Waals surface area contributed by atoms with Gasteiger partial charge >= 0.3 is 0 Å². The lowest BCUT2D eigenvalue weighted by atomic mass is 9.94. The van der Waals surface area contributed by atoms with Gasteiger partial charge in [0.25, 0.3) is 0 Å². The summed E-state index contributed by atoms with van der Waals surface area (Å²) in [5.74, 6) is 1.50. The fraction of sp³-hybridized carbons (Fsp3) is 0.600. The number of benzene rings is 1. The highest BCUT2D eigenvalue weighted by Crippen LogP contribution is 2.28. The maximum absolute atomic E-state index is 12.4. The molecule has 0 radical (unpaired) electrons. The van der Waals surface area contributed by atoms with Crippen LogP contribution in [0.1, 0.15) is 31.2 Å². The Morgan fingerprint density at radius 1 is 1.22 bits per heavy atom. The molecule has 2 heterocycles. The van der Waals surface area contributed by atoms with E-state index in [0.29, 0.717) is 37.6 Å². The fourth-order valence-electron chi connectivity index (χ4n) is 4.04. The van der Waals surface area contributed by atoms with Gasteiger partial charge in [-0.3, -0.25) is 14.5 Å². The van der Waals surface area contributed by atoms with Crippen LogP contribution in [0.15, 0.2) is 18.2 Å². The van der Waals surface area contributed by atoms with Crippen LogP contribution in [0.4, 0.5) is 0 Å². The first-order valence-electron chi connectivity index (χ1n) is 9.60. The zero-order valence-corrected chi connectivity index (χ0v) is 16.1. The summed E-state index contributed by atoms with van der Waals surface area (Å²) in [6, 6.07) is 6.23. The quantitative estimate of drug-likeness (QED) is 0.746. The highest BCUT2D eigenvalue weighted by Gasteiger charge is 2.35. The number of carbonyl (C=O) groups excluding carboxylic acids is 2. The summed E-state index contributed by atoms with van der Waals surface area (Å²) in [4.78, 5) is 26.5. The number of rotatable bonds is 7. The Labute approximate surface area is 160 Å². The molecule has 2 amide bonds. The fourth-order valence-corrected chi connectivity index (χ4v) is 4.04. The van der Waals surface area contributed by atoms with E-state index in [0.717, 1.165) is 31.2 Å². The third kappa shape index (κ3) is 4.91. The Hall–Kier alpha value is -2.28. The van der Waals surface area contributed by atoms with Gasteiger partial charge in [-0.15, -0.1) is 0 Å². The number of piperidine rings is 1. The second-order valence-corrected chi connectivity index (χ2v) is 7.21. The van der Waals surface area contributed by atoms with Crippen LogP contribution in [-0.4, -0.2) is 62.7 Å². The van der Waals surface area contributed by atoms with E-state index in [1.54, 1.807) is 14.2 Å². The van der Waals surface area contributed by atoms with Crippen molar-refractivity contribution in [2.75, 3.05) is 33.9 Å². The molecule has 3 rings (SSSR count). The molecule has 2 N–H and O–H groups in total. The molecule has 2 saturated heterocycles. The Morgan fingerprint density at radius 2 is 2.00 bits per heavy atom. The van der Waals surface area contributed by atoms with Gasteiger partial charge in [0.1, 0.15) is 0 Å². The molecule has 0 spiro atoms. The lowest BCUT2D eigenvalue weighted by Crippen LogP contribution is -2.51. The number of methoxy groups -OCH3 is 2. The van der Waals surface area contributed by atoms with Crippen molar-refractivity contribution in [1.82, 2.24) is 15.5 Å². The summed E-state index contributed by atoms with van der Waals surface area (Å²) < 4.78 is 10.6. The normalized spacial score (nSPS) is 22.5. The van der Waals surface area contributed by atoms with Crippen molar-refractivity contribution in [3.8, 4) is 11.5 Å². The minimum Gasteiger partial charge on any atom is -0.493 e. The molecule has 2 bridgehead atoms.